The van der Waals surface area contributed by atoms with Gasteiger partial charge in [0.2, 0.25) is 0 Å². The summed E-state index contributed by atoms with van der Waals surface area (Å²) < 4.78 is 4.69. The Morgan fingerprint density at radius 2 is 1.93 bits per heavy atom. The molecule has 1 aromatic heterocycles. The number of hydrogen-bond donors (Lipinski definition) is 1. The molecular formula is C11H10N2O. The third-order valence-corrected chi connectivity index (χ3v) is 2.03. The molecule has 0 saturated heterocycles. The van der Waals surface area contributed by atoms with Crippen molar-refractivity contribution in [3.05, 3.63) is 53.4 Å². The zero-order valence-electron chi connectivity index (χ0n) is 7.82. The average Bonchev–Trinajstić information content (AvgIpc) is 2.71. The lowest BCUT2D eigenvalue weighted by Gasteiger charge is -1.99. The van der Waals surface area contributed by atoms with Gasteiger partial charge in [-0.1, -0.05) is 35.0 Å². The van der Waals surface area contributed by atoms with Crippen LogP contribution in [0.15, 0.2) is 41.1 Å². The Morgan fingerprint density at radius 1 is 1.21 bits per heavy atom. The van der Waals surface area contributed by atoms with Gasteiger partial charge in [0, 0.05) is 11.6 Å². The van der Waals surface area contributed by atoms with E-state index in [-0.39, 0.29) is 0 Å². The predicted molar refractivity (Wildman–Crippen MR) is 53.6 cm³/mol. The number of nitrogens with one attached hydrogen (secondary N) is 1. The van der Waals surface area contributed by atoms with Crippen LogP contribution in [0.5, 0.6) is 0 Å². The lowest BCUT2D eigenvalue weighted by Crippen LogP contribution is -2.01. The average molecular weight is 186 g/mol. The molecule has 3 heteroatoms. The van der Waals surface area contributed by atoms with E-state index >= 15 is 0 Å². The quantitative estimate of drug-likeness (QED) is 0.732. The van der Waals surface area contributed by atoms with Crippen molar-refractivity contribution in [1.29, 1.82) is 5.41 Å². The molecule has 1 aromatic carbocycles. The summed E-state index contributed by atoms with van der Waals surface area (Å²) in [7, 11) is 0. The summed E-state index contributed by atoms with van der Waals surface area (Å²) in [6.45, 7) is 2.02. The van der Waals surface area contributed by atoms with Gasteiger partial charge in [-0.05, 0) is 6.92 Å². The molecule has 0 bridgehead atoms. The summed E-state index contributed by atoms with van der Waals surface area (Å²) in [6.07, 6.45) is 1.47. The summed E-state index contributed by atoms with van der Waals surface area (Å²) in [5.74, 6) is 0. The van der Waals surface area contributed by atoms with Gasteiger partial charge in [0.1, 0.15) is 12.0 Å². The van der Waals surface area contributed by atoms with Crippen molar-refractivity contribution in [2.45, 2.75) is 6.92 Å². The van der Waals surface area contributed by atoms with Crippen LogP contribution in [0.3, 0.4) is 0 Å². The highest BCUT2D eigenvalue weighted by Gasteiger charge is 2.06. The van der Waals surface area contributed by atoms with E-state index in [1.54, 1.807) is 6.07 Å². The largest absolute Gasteiger partial charge is 0.364 e. The van der Waals surface area contributed by atoms with E-state index in [1.165, 1.54) is 11.8 Å². The normalized spacial score (nSPS) is 10.1. The number of nitrogens with zero attached hydrogens (tertiary/aromatic N) is 1. The van der Waals surface area contributed by atoms with Crippen LogP contribution < -0.4 is 0 Å². The van der Waals surface area contributed by atoms with Gasteiger partial charge in [-0.15, -0.1) is 0 Å². The monoisotopic (exact) mass is 186 g/mol. The number of hydrogen-bond acceptors (Lipinski definition) is 3. The Kier molecular flexibility index (Phi) is 2.14. The summed E-state index contributed by atoms with van der Waals surface area (Å²) in [4.78, 5) is 0. The second-order valence-corrected chi connectivity index (χ2v) is 3.13. The second kappa shape index (κ2) is 3.46. The molecule has 0 atom stereocenters. The lowest BCUT2D eigenvalue weighted by atomic mass is 10.1. The molecule has 2 rings (SSSR count). The van der Waals surface area contributed by atoms with Crippen LogP contribution in [0.2, 0.25) is 0 Å². The Bertz CT molecular complexity index is 429. The van der Waals surface area contributed by atoms with E-state index in [0.29, 0.717) is 11.4 Å². The van der Waals surface area contributed by atoms with E-state index in [1.807, 2.05) is 31.2 Å². The fourth-order valence-electron chi connectivity index (χ4n) is 1.21. The molecule has 0 aliphatic heterocycles. The summed E-state index contributed by atoms with van der Waals surface area (Å²) in [6, 6.07) is 9.45. The zero-order chi connectivity index (χ0) is 9.97. The summed E-state index contributed by atoms with van der Waals surface area (Å²) >= 11 is 0. The predicted octanol–water partition coefficient (Wildman–Crippen LogP) is 2.40. The van der Waals surface area contributed by atoms with Crippen LogP contribution in [0.1, 0.15) is 16.8 Å². The van der Waals surface area contributed by atoms with Crippen molar-refractivity contribution in [1.82, 2.24) is 5.16 Å². The molecule has 0 unspecified atom stereocenters. The maximum absolute atomic E-state index is 7.84. The molecule has 1 N–H and O–H groups in total. The Morgan fingerprint density at radius 3 is 2.50 bits per heavy atom. The number of benzene rings is 1. The fourth-order valence-corrected chi connectivity index (χ4v) is 1.21. The molecule has 0 saturated carbocycles. The van der Waals surface area contributed by atoms with E-state index in [9.17, 15) is 0 Å². The van der Waals surface area contributed by atoms with Crippen LogP contribution in [-0.4, -0.2) is 10.9 Å². The summed E-state index contributed by atoms with van der Waals surface area (Å²) in [5.41, 5.74) is 2.99. The van der Waals surface area contributed by atoms with E-state index in [0.717, 1.165) is 5.56 Å². The van der Waals surface area contributed by atoms with Crippen molar-refractivity contribution >= 4 is 5.71 Å². The third kappa shape index (κ3) is 1.57. The molecule has 3 nitrogen and oxygen atoms in total. The maximum atomic E-state index is 7.84. The van der Waals surface area contributed by atoms with E-state index in [2.05, 4.69) is 5.16 Å². The molecule has 0 fully saturated rings. The maximum Gasteiger partial charge on any atom is 0.132 e. The first-order chi connectivity index (χ1) is 6.77. The minimum absolute atomic E-state index is 0.388. The standard InChI is InChI=1S/C11H10N2O/c1-8-2-4-9(5-3-8)11(12)10-6-7-14-13-10/h2-7,12H,1H3. The van der Waals surface area contributed by atoms with E-state index in [4.69, 9.17) is 9.93 Å². The van der Waals surface area contributed by atoms with Crippen molar-refractivity contribution in [2.24, 2.45) is 0 Å². The van der Waals surface area contributed by atoms with Crippen molar-refractivity contribution < 1.29 is 4.52 Å². The van der Waals surface area contributed by atoms with Gasteiger partial charge in [0.15, 0.2) is 0 Å². The van der Waals surface area contributed by atoms with Gasteiger partial charge in [0.25, 0.3) is 0 Å². The van der Waals surface area contributed by atoms with Crippen LogP contribution in [0, 0.1) is 12.3 Å². The molecule has 1 heterocycles. The van der Waals surface area contributed by atoms with Gasteiger partial charge < -0.3 is 4.52 Å². The molecule has 0 aliphatic carbocycles. The van der Waals surface area contributed by atoms with Crippen molar-refractivity contribution in [3.8, 4) is 0 Å². The first-order valence-corrected chi connectivity index (χ1v) is 4.34. The molecule has 0 spiro atoms. The Balaban J connectivity index is 2.33. The smallest absolute Gasteiger partial charge is 0.132 e. The Hall–Kier alpha value is -1.90. The molecule has 70 valence electrons. The van der Waals surface area contributed by atoms with Crippen molar-refractivity contribution in [2.75, 3.05) is 0 Å². The first kappa shape index (κ1) is 8.69. The van der Waals surface area contributed by atoms with Gasteiger partial charge in [-0.2, -0.15) is 0 Å². The van der Waals surface area contributed by atoms with Gasteiger partial charge >= 0.3 is 0 Å². The van der Waals surface area contributed by atoms with Crippen LogP contribution >= 0.6 is 0 Å². The molecule has 0 radical (unpaired) electrons. The third-order valence-electron chi connectivity index (χ3n) is 2.03. The highest BCUT2D eigenvalue weighted by atomic mass is 16.5. The highest BCUT2D eigenvalue weighted by molar-refractivity contribution is 6.09. The number of aromatic nitrogens is 1. The summed E-state index contributed by atoms with van der Waals surface area (Å²) in [5, 5.41) is 11.6. The van der Waals surface area contributed by atoms with Gasteiger partial charge in [-0.3, -0.25) is 5.41 Å². The van der Waals surface area contributed by atoms with Crippen LogP contribution in [0.4, 0.5) is 0 Å². The van der Waals surface area contributed by atoms with Crippen LogP contribution in [-0.2, 0) is 0 Å². The minimum atomic E-state index is 0.388. The van der Waals surface area contributed by atoms with Crippen molar-refractivity contribution in [3.63, 3.8) is 0 Å². The highest BCUT2D eigenvalue weighted by Crippen LogP contribution is 2.08. The SMILES string of the molecule is Cc1ccc(C(=N)c2ccon2)cc1. The number of aryl methyl sites for hydroxylation is 1. The molecular weight excluding hydrogens is 176 g/mol. The fraction of sp³-hybridized carbons (Fsp3) is 0.0909. The molecule has 14 heavy (non-hydrogen) atoms. The first-order valence-electron chi connectivity index (χ1n) is 4.34. The number of rotatable bonds is 2. The lowest BCUT2D eigenvalue weighted by molar-refractivity contribution is 0.418. The van der Waals surface area contributed by atoms with Gasteiger partial charge in [-0.25, -0.2) is 0 Å². The van der Waals surface area contributed by atoms with Crippen LogP contribution in [0.25, 0.3) is 0 Å². The van der Waals surface area contributed by atoms with E-state index < -0.39 is 0 Å². The molecule has 2 aromatic rings. The second-order valence-electron chi connectivity index (χ2n) is 3.13. The molecule has 0 amide bonds. The van der Waals surface area contributed by atoms with Gasteiger partial charge in [0.05, 0.1) is 5.71 Å². The topological polar surface area (TPSA) is 49.9 Å². The molecule has 0 aliphatic rings. The minimum Gasteiger partial charge on any atom is -0.364 e. The zero-order valence-corrected chi connectivity index (χ0v) is 7.82. The Labute approximate surface area is 81.9 Å².